The first-order chi connectivity index (χ1) is 9.67. The van der Waals surface area contributed by atoms with Crippen LogP contribution in [0.1, 0.15) is 38.5 Å². The van der Waals surface area contributed by atoms with Crippen molar-refractivity contribution in [3.63, 3.8) is 0 Å². The van der Waals surface area contributed by atoms with Crippen LogP contribution in [0.2, 0.25) is 0 Å². The van der Waals surface area contributed by atoms with Crippen LogP contribution in [0.3, 0.4) is 0 Å². The Balaban J connectivity index is 1.71. The van der Waals surface area contributed by atoms with Gasteiger partial charge in [0, 0.05) is 25.7 Å². The Morgan fingerprint density at radius 1 is 1.20 bits per heavy atom. The number of amidine groups is 1. The Hall–Kier alpha value is -1.30. The molecule has 0 bridgehead atoms. The van der Waals surface area contributed by atoms with E-state index in [1.807, 2.05) is 4.90 Å². The zero-order valence-electron chi connectivity index (χ0n) is 11.9. The number of hydrogen-bond donors (Lipinski definition) is 2. The van der Waals surface area contributed by atoms with Crippen molar-refractivity contribution in [3.05, 3.63) is 0 Å². The van der Waals surface area contributed by atoms with E-state index in [1.54, 1.807) is 0 Å². The van der Waals surface area contributed by atoms with E-state index in [1.165, 1.54) is 19.3 Å². The van der Waals surface area contributed by atoms with Gasteiger partial charge in [-0.05, 0) is 32.2 Å². The van der Waals surface area contributed by atoms with Crippen LogP contribution in [-0.4, -0.2) is 59.0 Å². The number of nitrogens with zero attached hydrogens (tertiary/aromatic N) is 3. The highest BCUT2D eigenvalue weighted by Crippen LogP contribution is 2.43. The summed E-state index contributed by atoms with van der Waals surface area (Å²) in [5, 5.41) is 12.1. The lowest BCUT2D eigenvalue weighted by Gasteiger charge is -2.48. The van der Waals surface area contributed by atoms with Crippen LogP contribution in [0.25, 0.3) is 0 Å². The first-order valence-electron chi connectivity index (χ1n) is 7.69. The Labute approximate surface area is 119 Å². The van der Waals surface area contributed by atoms with Gasteiger partial charge in [0.1, 0.15) is 5.41 Å². The standard InChI is InChI=1S/C14H24N4O2/c15-12(16-20)14(5-3-6-14)13(19)18-9-8-17-7-2-1-4-11(17)10-18/h11,20H,1-10H2,(H2,15,16). The summed E-state index contributed by atoms with van der Waals surface area (Å²) >= 11 is 0. The van der Waals surface area contributed by atoms with E-state index in [2.05, 4.69) is 10.1 Å². The maximum absolute atomic E-state index is 12.8. The number of piperazine rings is 1. The second-order valence-corrected chi connectivity index (χ2v) is 6.36. The molecule has 112 valence electrons. The van der Waals surface area contributed by atoms with Crippen molar-refractivity contribution in [2.45, 2.75) is 44.6 Å². The summed E-state index contributed by atoms with van der Waals surface area (Å²) in [5.41, 5.74) is 5.08. The minimum absolute atomic E-state index is 0.0734. The van der Waals surface area contributed by atoms with Gasteiger partial charge in [-0.3, -0.25) is 9.69 Å². The maximum Gasteiger partial charge on any atom is 0.236 e. The van der Waals surface area contributed by atoms with E-state index in [0.717, 1.165) is 32.6 Å². The molecule has 1 aliphatic carbocycles. The molecule has 20 heavy (non-hydrogen) atoms. The van der Waals surface area contributed by atoms with Crippen molar-refractivity contribution in [2.75, 3.05) is 26.2 Å². The van der Waals surface area contributed by atoms with Crippen molar-refractivity contribution in [2.24, 2.45) is 16.3 Å². The molecule has 0 aromatic rings. The van der Waals surface area contributed by atoms with Crippen LogP contribution in [0.4, 0.5) is 0 Å². The Bertz CT molecular complexity index is 419. The molecular weight excluding hydrogens is 256 g/mol. The van der Waals surface area contributed by atoms with Gasteiger partial charge in [0.05, 0.1) is 0 Å². The number of nitrogens with two attached hydrogens (primary N) is 1. The molecule has 0 spiro atoms. The van der Waals surface area contributed by atoms with Crippen LogP contribution in [0.5, 0.6) is 0 Å². The molecule has 2 heterocycles. The largest absolute Gasteiger partial charge is 0.409 e. The number of carbonyl (C=O) groups is 1. The summed E-state index contributed by atoms with van der Waals surface area (Å²) in [4.78, 5) is 17.3. The first kappa shape index (κ1) is 13.7. The highest BCUT2D eigenvalue weighted by molar-refractivity contribution is 6.07. The average molecular weight is 280 g/mol. The molecule has 1 saturated carbocycles. The number of carbonyl (C=O) groups excluding carboxylic acids is 1. The molecule has 0 aromatic heterocycles. The van der Waals surface area contributed by atoms with E-state index in [-0.39, 0.29) is 11.7 Å². The molecule has 1 amide bonds. The Morgan fingerprint density at radius 2 is 2.00 bits per heavy atom. The van der Waals surface area contributed by atoms with E-state index >= 15 is 0 Å². The summed E-state index contributed by atoms with van der Waals surface area (Å²) in [6, 6.07) is 0.505. The van der Waals surface area contributed by atoms with E-state index in [9.17, 15) is 4.79 Å². The molecule has 3 aliphatic rings. The Morgan fingerprint density at radius 3 is 2.65 bits per heavy atom. The zero-order valence-corrected chi connectivity index (χ0v) is 11.9. The molecule has 0 aromatic carbocycles. The molecule has 3 fully saturated rings. The van der Waals surface area contributed by atoms with Gasteiger partial charge in [-0.2, -0.15) is 0 Å². The second-order valence-electron chi connectivity index (χ2n) is 6.36. The normalized spacial score (nSPS) is 30.5. The van der Waals surface area contributed by atoms with Crippen molar-refractivity contribution >= 4 is 11.7 Å². The Kier molecular flexibility index (Phi) is 3.58. The quantitative estimate of drug-likeness (QED) is 0.336. The lowest BCUT2D eigenvalue weighted by molar-refractivity contribution is -0.145. The third-order valence-corrected chi connectivity index (χ3v) is 5.34. The average Bonchev–Trinajstić information content (AvgIpc) is 2.45. The molecule has 2 aliphatic heterocycles. The van der Waals surface area contributed by atoms with E-state index < -0.39 is 5.41 Å². The minimum Gasteiger partial charge on any atom is -0.409 e. The summed E-state index contributed by atoms with van der Waals surface area (Å²) < 4.78 is 0. The van der Waals surface area contributed by atoms with Crippen LogP contribution in [-0.2, 0) is 4.79 Å². The molecule has 0 radical (unpaired) electrons. The molecular formula is C14H24N4O2. The van der Waals surface area contributed by atoms with Gasteiger partial charge in [-0.15, -0.1) is 0 Å². The molecule has 1 atom stereocenters. The number of piperidine rings is 1. The fourth-order valence-electron chi connectivity index (χ4n) is 3.85. The smallest absolute Gasteiger partial charge is 0.236 e. The highest BCUT2D eigenvalue weighted by atomic mass is 16.4. The SMILES string of the molecule is NC(=NO)C1(C(=O)N2CCN3CCCCC3C2)CCC1. The van der Waals surface area contributed by atoms with Crippen LogP contribution in [0.15, 0.2) is 5.16 Å². The highest BCUT2D eigenvalue weighted by Gasteiger charge is 2.51. The van der Waals surface area contributed by atoms with Crippen molar-refractivity contribution < 1.29 is 10.0 Å². The summed E-state index contributed by atoms with van der Waals surface area (Å²) in [5.74, 6) is 0.170. The fourth-order valence-corrected chi connectivity index (χ4v) is 3.85. The van der Waals surface area contributed by atoms with Crippen LogP contribution >= 0.6 is 0 Å². The van der Waals surface area contributed by atoms with E-state index in [0.29, 0.717) is 18.9 Å². The number of oxime groups is 1. The van der Waals surface area contributed by atoms with Gasteiger partial charge in [0.2, 0.25) is 5.91 Å². The van der Waals surface area contributed by atoms with Crippen molar-refractivity contribution in [1.82, 2.24) is 9.80 Å². The fraction of sp³-hybridized carbons (Fsp3) is 0.857. The molecule has 1 unspecified atom stereocenters. The van der Waals surface area contributed by atoms with Crippen LogP contribution in [0, 0.1) is 5.41 Å². The van der Waals surface area contributed by atoms with Gasteiger partial charge < -0.3 is 15.8 Å². The van der Waals surface area contributed by atoms with Gasteiger partial charge in [-0.25, -0.2) is 0 Å². The summed E-state index contributed by atoms with van der Waals surface area (Å²) in [7, 11) is 0. The van der Waals surface area contributed by atoms with Gasteiger partial charge in [0.25, 0.3) is 0 Å². The van der Waals surface area contributed by atoms with Crippen LogP contribution < -0.4 is 5.73 Å². The van der Waals surface area contributed by atoms with Gasteiger partial charge >= 0.3 is 0 Å². The molecule has 6 nitrogen and oxygen atoms in total. The summed E-state index contributed by atoms with van der Waals surface area (Å²) in [6.45, 7) is 3.70. The topological polar surface area (TPSA) is 82.2 Å². The minimum atomic E-state index is -0.717. The van der Waals surface area contributed by atoms with Gasteiger partial charge in [0.15, 0.2) is 5.84 Å². The number of rotatable bonds is 2. The number of amides is 1. The number of hydrogen-bond acceptors (Lipinski definition) is 4. The third kappa shape index (κ3) is 2.06. The predicted molar refractivity (Wildman–Crippen MR) is 75.5 cm³/mol. The lowest BCUT2D eigenvalue weighted by Crippen LogP contribution is -2.62. The van der Waals surface area contributed by atoms with E-state index in [4.69, 9.17) is 10.9 Å². The second kappa shape index (κ2) is 5.24. The zero-order chi connectivity index (χ0) is 14.2. The molecule has 3 rings (SSSR count). The van der Waals surface area contributed by atoms with Gasteiger partial charge in [-0.1, -0.05) is 18.0 Å². The maximum atomic E-state index is 12.8. The molecule has 2 saturated heterocycles. The molecule has 6 heteroatoms. The third-order valence-electron chi connectivity index (χ3n) is 5.34. The molecule has 3 N–H and O–H groups in total. The van der Waals surface area contributed by atoms with Crippen molar-refractivity contribution in [1.29, 1.82) is 0 Å². The first-order valence-corrected chi connectivity index (χ1v) is 7.69. The summed E-state index contributed by atoms with van der Waals surface area (Å²) in [6.07, 6.45) is 6.12. The monoisotopic (exact) mass is 280 g/mol. The van der Waals surface area contributed by atoms with Crippen molar-refractivity contribution in [3.8, 4) is 0 Å². The number of fused-ring (bicyclic) bond motifs is 1. The predicted octanol–water partition coefficient (Wildman–Crippen LogP) is 0.600. The lowest BCUT2D eigenvalue weighted by atomic mass is 9.66.